The van der Waals surface area contributed by atoms with E-state index >= 15 is 0 Å². The third kappa shape index (κ3) is 3.77. The van der Waals surface area contributed by atoms with Gasteiger partial charge in [0.15, 0.2) is 0 Å². The number of aliphatic hydroxyl groups is 1. The summed E-state index contributed by atoms with van der Waals surface area (Å²) in [6.07, 6.45) is 0. The van der Waals surface area contributed by atoms with Crippen LogP contribution in [0.1, 0.15) is 12.5 Å². The number of rotatable bonds is 2. The van der Waals surface area contributed by atoms with Gasteiger partial charge in [-0.3, -0.25) is 0 Å². The molecule has 114 valence electrons. The fourth-order valence-corrected chi connectivity index (χ4v) is 4.87. The molecule has 0 bridgehead atoms. The van der Waals surface area contributed by atoms with E-state index in [4.69, 9.17) is 5.11 Å². The van der Waals surface area contributed by atoms with Gasteiger partial charge in [-0.2, -0.15) is 16.1 Å². The molecule has 0 amide bonds. The zero-order valence-corrected chi connectivity index (χ0v) is 13.2. The quantitative estimate of drug-likeness (QED) is 0.831. The molecule has 1 atom stereocenters. The van der Waals surface area contributed by atoms with E-state index in [-0.39, 0.29) is 16.8 Å². The third-order valence-corrected chi connectivity index (χ3v) is 6.10. The van der Waals surface area contributed by atoms with Crippen molar-refractivity contribution in [3.63, 3.8) is 0 Å². The number of sulfonamides is 1. The van der Waals surface area contributed by atoms with Crippen LogP contribution in [0.25, 0.3) is 0 Å². The predicted octanol–water partition coefficient (Wildman–Crippen LogP) is 1.30. The number of thioether (sulfide) groups is 1. The predicted molar refractivity (Wildman–Crippen MR) is 81.0 cm³/mol. The lowest BCUT2D eigenvalue weighted by molar-refractivity contribution is 0.350. The van der Waals surface area contributed by atoms with Crippen molar-refractivity contribution >= 4 is 21.8 Å². The second-order valence-corrected chi connectivity index (χ2v) is 8.10. The summed E-state index contributed by atoms with van der Waals surface area (Å²) in [7, 11) is -3.82. The summed E-state index contributed by atoms with van der Waals surface area (Å²) in [4.78, 5) is -0.323. The van der Waals surface area contributed by atoms with Crippen LogP contribution >= 0.6 is 11.8 Å². The van der Waals surface area contributed by atoms with Crippen molar-refractivity contribution in [2.24, 2.45) is 0 Å². The number of nitrogens with zero attached hydrogens (tertiary/aromatic N) is 1. The van der Waals surface area contributed by atoms with E-state index in [0.29, 0.717) is 24.4 Å². The molecule has 1 aliphatic heterocycles. The second kappa shape index (κ2) is 6.79. The molecule has 1 aromatic carbocycles. The molecule has 7 heteroatoms. The van der Waals surface area contributed by atoms with Crippen molar-refractivity contribution in [2.45, 2.75) is 17.1 Å². The number of hydrogen-bond donors (Lipinski definition) is 1. The Morgan fingerprint density at radius 2 is 2.29 bits per heavy atom. The monoisotopic (exact) mass is 329 g/mol. The first-order valence-electron chi connectivity index (χ1n) is 6.46. The fourth-order valence-electron chi connectivity index (χ4n) is 2.07. The van der Waals surface area contributed by atoms with Gasteiger partial charge in [0, 0.05) is 29.7 Å². The lowest BCUT2D eigenvalue weighted by atomic mass is 10.2. The standard InChI is InChI=1S/C14H16FNO3S2/c1-11-10-16(6-8-20-11)21(18,19)14-5-4-12(3-2-7-17)9-13(14)15/h4-5,9,11,17H,6-8,10H2,1H3. The van der Waals surface area contributed by atoms with E-state index in [2.05, 4.69) is 11.8 Å². The molecule has 1 unspecified atom stereocenters. The van der Waals surface area contributed by atoms with Crippen LogP contribution in [0, 0.1) is 17.7 Å². The molecule has 0 spiro atoms. The van der Waals surface area contributed by atoms with Gasteiger partial charge in [-0.05, 0) is 18.2 Å². The van der Waals surface area contributed by atoms with Gasteiger partial charge in [0.25, 0.3) is 0 Å². The summed E-state index contributed by atoms with van der Waals surface area (Å²) >= 11 is 1.71. The summed E-state index contributed by atoms with van der Waals surface area (Å²) in [6, 6.07) is 3.76. The molecule has 1 fully saturated rings. The maximum absolute atomic E-state index is 14.1. The van der Waals surface area contributed by atoms with Crippen molar-refractivity contribution < 1.29 is 17.9 Å². The molecule has 0 saturated carbocycles. The molecule has 1 heterocycles. The first kappa shape index (κ1) is 16.3. The Labute approximate surface area is 128 Å². The zero-order chi connectivity index (χ0) is 15.5. The van der Waals surface area contributed by atoms with Crippen molar-refractivity contribution in [3.05, 3.63) is 29.6 Å². The minimum atomic E-state index is -3.82. The minimum absolute atomic E-state index is 0.200. The topological polar surface area (TPSA) is 57.6 Å². The van der Waals surface area contributed by atoms with Crippen LogP contribution in [0.3, 0.4) is 0 Å². The first-order valence-corrected chi connectivity index (χ1v) is 8.95. The van der Waals surface area contributed by atoms with Gasteiger partial charge in [0.1, 0.15) is 17.3 Å². The maximum Gasteiger partial charge on any atom is 0.246 e. The van der Waals surface area contributed by atoms with E-state index in [1.165, 1.54) is 16.4 Å². The Balaban J connectivity index is 2.32. The minimum Gasteiger partial charge on any atom is -0.384 e. The number of halogens is 1. The highest BCUT2D eigenvalue weighted by Gasteiger charge is 2.30. The number of aliphatic hydroxyl groups excluding tert-OH is 1. The summed E-state index contributed by atoms with van der Waals surface area (Å²) in [5.41, 5.74) is 0.336. The Kier molecular flexibility index (Phi) is 5.27. The zero-order valence-electron chi connectivity index (χ0n) is 11.5. The van der Waals surface area contributed by atoms with Crippen LogP contribution in [0.15, 0.2) is 23.1 Å². The van der Waals surface area contributed by atoms with Gasteiger partial charge in [-0.25, -0.2) is 12.8 Å². The number of hydrogen-bond acceptors (Lipinski definition) is 4. The molecule has 4 nitrogen and oxygen atoms in total. The summed E-state index contributed by atoms with van der Waals surface area (Å²) in [6.45, 7) is 2.41. The fraction of sp³-hybridized carbons (Fsp3) is 0.429. The van der Waals surface area contributed by atoms with Crippen molar-refractivity contribution in [3.8, 4) is 11.8 Å². The summed E-state index contributed by atoms with van der Waals surface area (Å²) in [5, 5.41) is 8.80. The molecule has 0 aromatic heterocycles. The Morgan fingerprint density at radius 1 is 1.52 bits per heavy atom. The SMILES string of the molecule is CC1CN(S(=O)(=O)c2ccc(C#CCO)cc2F)CCS1. The normalized spacial score (nSPS) is 19.9. The van der Waals surface area contributed by atoms with Gasteiger partial charge >= 0.3 is 0 Å². The molecule has 21 heavy (non-hydrogen) atoms. The van der Waals surface area contributed by atoms with E-state index in [1.807, 2.05) is 6.92 Å². The molecular formula is C14H16FNO3S2. The molecule has 1 aliphatic rings. The van der Waals surface area contributed by atoms with Crippen LogP contribution in [-0.4, -0.2) is 48.5 Å². The molecule has 1 N–H and O–H groups in total. The van der Waals surface area contributed by atoms with Gasteiger partial charge in [-0.15, -0.1) is 0 Å². The van der Waals surface area contributed by atoms with Crippen LogP contribution in [0.2, 0.25) is 0 Å². The smallest absolute Gasteiger partial charge is 0.246 e. The summed E-state index contributed by atoms with van der Waals surface area (Å²) in [5.74, 6) is 4.84. The van der Waals surface area contributed by atoms with Gasteiger partial charge in [0.05, 0.1) is 0 Å². The Bertz CT molecular complexity index is 679. The molecule has 0 aliphatic carbocycles. The van der Waals surface area contributed by atoms with E-state index in [0.717, 1.165) is 6.07 Å². The summed E-state index contributed by atoms with van der Waals surface area (Å²) < 4.78 is 40.4. The van der Waals surface area contributed by atoms with E-state index in [1.54, 1.807) is 11.8 Å². The Morgan fingerprint density at radius 3 is 2.90 bits per heavy atom. The highest BCUT2D eigenvalue weighted by Crippen LogP contribution is 2.26. The molecular weight excluding hydrogens is 313 g/mol. The van der Waals surface area contributed by atoms with Crippen LogP contribution in [-0.2, 0) is 10.0 Å². The second-order valence-electron chi connectivity index (χ2n) is 4.65. The van der Waals surface area contributed by atoms with Crippen molar-refractivity contribution in [1.82, 2.24) is 4.31 Å². The molecule has 0 radical (unpaired) electrons. The molecule has 1 aromatic rings. The molecule has 1 saturated heterocycles. The average molecular weight is 329 g/mol. The highest BCUT2D eigenvalue weighted by molar-refractivity contribution is 8.00. The lowest BCUT2D eigenvalue weighted by Crippen LogP contribution is -2.41. The van der Waals surface area contributed by atoms with Crippen molar-refractivity contribution in [1.29, 1.82) is 0 Å². The maximum atomic E-state index is 14.1. The van der Waals surface area contributed by atoms with Crippen molar-refractivity contribution in [2.75, 3.05) is 25.4 Å². The van der Waals surface area contributed by atoms with Crippen LogP contribution in [0.5, 0.6) is 0 Å². The van der Waals surface area contributed by atoms with E-state index in [9.17, 15) is 12.8 Å². The van der Waals surface area contributed by atoms with Crippen LogP contribution in [0.4, 0.5) is 4.39 Å². The van der Waals surface area contributed by atoms with Gasteiger partial charge in [-0.1, -0.05) is 18.8 Å². The van der Waals surface area contributed by atoms with E-state index < -0.39 is 15.8 Å². The number of benzene rings is 1. The largest absolute Gasteiger partial charge is 0.384 e. The average Bonchev–Trinajstić information content (AvgIpc) is 2.45. The lowest BCUT2D eigenvalue weighted by Gasteiger charge is -2.29. The van der Waals surface area contributed by atoms with Gasteiger partial charge < -0.3 is 5.11 Å². The third-order valence-electron chi connectivity index (χ3n) is 3.07. The van der Waals surface area contributed by atoms with Gasteiger partial charge in [0.2, 0.25) is 10.0 Å². The Hall–Kier alpha value is -1.07. The first-order chi connectivity index (χ1) is 9.95. The van der Waals surface area contributed by atoms with Crippen LogP contribution < -0.4 is 0 Å². The molecule has 2 rings (SSSR count). The highest BCUT2D eigenvalue weighted by atomic mass is 32.2.